The number of benzene rings is 1. The van der Waals surface area contributed by atoms with Crippen LogP contribution >= 0.6 is 0 Å². The number of halogens is 1. The van der Waals surface area contributed by atoms with Crippen molar-refractivity contribution in [2.45, 2.75) is 38.8 Å². The summed E-state index contributed by atoms with van der Waals surface area (Å²) in [6.07, 6.45) is 1.81. The van der Waals surface area contributed by atoms with Gasteiger partial charge < -0.3 is 5.11 Å². The second-order valence-corrected chi connectivity index (χ2v) is 5.17. The molecule has 0 fully saturated rings. The summed E-state index contributed by atoms with van der Waals surface area (Å²) in [6, 6.07) is 6.05. The van der Waals surface area contributed by atoms with Crippen molar-refractivity contribution in [2.75, 3.05) is 0 Å². The van der Waals surface area contributed by atoms with E-state index >= 15 is 0 Å². The third kappa shape index (κ3) is 2.98. The van der Waals surface area contributed by atoms with E-state index in [2.05, 4.69) is 10.1 Å². The molecular formula is C14H18FN3O. The van der Waals surface area contributed by atoms with Crippen LogP contribution in [-0.4, -0.2) is 19.9 Å². The van der Waals surface area contributed by atoms with E-state index in [9.17, 15) is 9.50 Å². The SMILES string of the molecule is CC(C)n1ncnc1CC(C)(O)c1ccc(F)cc1. The third-order valence-corrected chi connectivity index (χ3v) is 3.10. The topological polar surface area (TPSA) is 50.9 Å². The van der Waals surface area contributed by atoms with Gasteiger partial charge in [-0.15, -0.1) is 0 Å². The molecule has 1 heterocycles. The van der Waals surface area contributed by atoms with Gasteiger partial charge in [-0.05, 0) is 38.5 Å². The highest BCUT2D eigenvalue weighted by molar-refractivity contribution is 5.23. The zero-order chi connectivity index (χ0) is 14.0. The van der Waals surface area contributed by atoms with Gasteiger partial charge in [-0.1, -0.05) is 12.1 Å². The number of aromatic nitrogens is 3. The maximum Gasteiger partial charge on any atom is 0.138 e. The van der Waals surface area contributed by atoms with Gasteiger partial charge in [-0.25, -0.2) is 14.1 Å². The molecule has 0 radical (unpaired) electrons. The molecule has 102 valence electrons. The van der Waals surface area contributed by atoms with Gasteiger partial charge in [0.05, 0.1) is 5.60 Å². The predicted molar refractivity (Wildman–Crippen MR) is 70.1 cm³/mol. The van der Waals surface area contributed by atoms with Crippen LogP contribution in [0.3, 0.4) is 0 Å². The standard InChI is InChI=1S/C14H18FN3O/c1-10(2)18-13(16-9-17-18)8-14(3,19)11-4-6-12(15)7-5-11/h4-7,9-10,19H,8H2,1-3H3. The predicted octanol–water partition coefficient (Wildman–Crippen LogP) is 2.45. The molecule has 1 atom stereocenters. The molecule has 4 nitrogen and oxygen atoms in total. The molecule has 0 aliphatic carbocycles. The molecule has 1 aromatic carbocycles. The Labute approximate surface area is 111 Å². The van der Waals surface area contributed by atoms with Gasteiger partial charge in [0.2, 0.25) is 0 Å². The lowest BCUT2D eigenvalue weighted by Crippen LogP contribution is -2.26. The Bertz CT molecular complexity index is 546. The van der Waals surface area contributed by atoms with Gasteiger partial charge in [-0.2, -0.15) is 5.10 Å². The fraction of sp³-hybridized carbons (Fsp3) is 0.429. The molecule has 19 heavy (non-hydrogen) atoms. The van der Waals surface area contributed by atoms with Gasteiger partial charge in [0.15, 0.2) is 0 Å². The molecular weight excluding hydrogens is 245 g/mol. The quantitative estimate of drug-likeness (QED) is 0.921. The largest absolute Gasteiger partial charge is 0.385 e. The second kappa shape index (κ2) is 5.09. The lowest BCUT2D eigenvalue weighted by molar-refractivity contribution is 0.0539. The average molecular weight is 263 g/mol. The molecule has 0 amide bonds. The maximum atomic E-state index is 12.9. The summed E-state index contributed by atoms with van der Waals surface area (Å²) >= 11 is 0. The number of nitrogens with zero attached hydrogens (tertiary/aromatic N) is 3. The van der Waals surface area contributed by atoms with Crippen LogP contribution in [0.1, 0.15) is 38.2 Å². The van der Waals surface area contributed by atoms with Gasteiger partial charge in [0.25, 0.3) is 0 Å². The lowest BCUT2D eigenvalue weighted by Gasteiger charge is -2.24. The summed E-state index contributed by atoms with van der Waals surface area (Å²) in [5.41, 5.74) is -0.444. The Kier molecular flexibility index (Phi) is 3.66. The maximum absolute atomic E-state index is 12.9. The molecule has 0 saturated carbocycles. The Hall–Kier alpha value is -1.75. The molecule has 0 saturated heterocycles. The van der Waals surface area contributed by atoms with Crippen molar-refractivity contribution in [3.63, 3.8) is 0 Å². The first-order valence-corrected chi connectivity index (χ1v) is 6.27. The highest BCUT2D eigenvalue weighted by Crippen LogP contribution is 2.25. The van der Waals surface area contributed by atoms with Crippen LogP contribution in [0.2, 0.25) is 0 Å². The minimum Gasteiger partial charge on any atom is -0.385 e. The van der Waals surface area contributed by atoms with Gasteiger partial charge in [0.1, 0.15) is 18.0 Å². The van der Waals surface area contributed by atoms with Crippen LogP contribution in [0.5, 0.6) is 0 Å². The van der Waals surface area contributed by atoms with E-state index in [-0.39, 0.29) is 11.9 Å². The molecule has 2 rings (SSSR count). The second-order valence-electron chi connectivity index (χ2n) is 5.17. The van der Waals surface area contributed by atoms with Crippen molar-refractivity contribution in [1.82, 2.24) is 14.8 Å². The number of aliphatic hydroxyl groups is 1. The fourth-order valence-electron chi connectivity index (χ4n) is 2.05. The van der Waals surface area contributed by atoms with Crippen LogP contribution in [-0.2, 0) is 12.0 Å². The van der Waals surface area contributed by atoms with Crippen molar-refractivity contribution >= 4 is 0 Å². The van der Waals surface area contributed by atoms with Crippen LogP contribution in [0, 0.1) is 5.82 Å². The Morgan fingerprint density at radius 1 is 1.32 bits per heavy atom. The van der Waals surface area contributed by atoms with Crippen molar-refractivity contribution < 1.29 is 9.50 Å². The number of hydrogen-bond acceptors (Lipinski definition) is 3. The van der Waals surface area contributed by atoms with Crippen molar-refractivity contribution in [2.24, 2.45) is 0 Å². The molecule has 0 aliphatic rings. The minimum atomic E-state index is -1.10. The summed E-state index contributed by atoms with van der Waals surface area (Å²) in [5.74, 6) is 0.397. The van der Waals surface area contributed by atoms with Crippen LogP contribution < -0.4 is 0 Å². The molecule has 1 unspecified atom stereocenters. The fourth-order valence-corrected chi connectivity index (χ4v) is 2.05. The first-order valence-electron chi connectivity index (χ1n) is 6.27. The summed E-state index contributed by atoms with van der Waals surface area (Å²) in [7, 11) is 0. The summed E-state index contributed by atoms with van der Waals surface area (Å²) in [5, 5.41) is 14.7. The van der Waals surface area contributed by atoms with Crippen molar-refractivity contribution in [1.29, 1.82) is 0 Å². The molecule has 5 heteroatoms. The van der Waals surface area contributed by atoms with E-state index in [0.717, 1.165) is 0 Å². The zero-order valence-electron chi connectivity index (χ0n) is 11.3. The van der Waals surface area contributed by atoms with Gasteiger partial charge in [-0.3, -0.25) is 0 Å². The zero-order valence-corrected chi connectivity index (χ0v) is 11.3. The van der Waals surface area contributed by atoms with Crippen LogP contribution in [0.15, 0.2) is 30.6 Å². The van der Waals surface area contributed by atoms with E-state index in [1.165, 1.54) is 18.5 Å². The highest BCUT2D eigenvalue weighted by Gasteiger charge is 2.26. The van der Waals surface area contributed by atoms with E-state index in [1.807, 2.05) is 13.8 Å². The van der Waals surface area contributed by atoms with Crippen molar-refractivity contribution in [3.05, 3.63) is 47.8 Å². The van der Waals surface area contributed by atoms with Crippen LogP contribution in [0.4, 0.5) is 4.39 Å². The number of rotatable bonds is 4. The molecule has 2 aromatic rings. The third-order valence-electron chi connectivity index (χ3n) is 3.10. The van der Waals surface area contributed by atoms with E-state index in [0.29, 0.717) is 17.8 Å². The summed E-state index contributed by atoms with van der Waals surface area (Å²) < 4.78 is 14.7. The Balaban J connectivity index is 2.25. The lowest BCUT2D eigenvalue weighted by atomic mass is 9.92. The Morgan fingerprint density at radius 3 is 2.53 bits per heavy atom. The van der Waals surface area contributed by atoms with Crippen molar-refractivity contribution in [3.8, 4) is 0 Å². The first kappa shape index (κ1) is 13.7. The molecule has 0 spiro atoms. The van der Waals surface area contributed by atoms with E-state index < -0.39 is 5.60 Å². The Morgan fingerprint density at radius 2 is 1.95 bits per heavy atom. The smallest absolute Gasteiger partial charge is 0.138 e. The minimum absolute atomic E-state index is 0.182. The normalized spacial score (nSPS) is 14.6. The van der Waals surface area contributed by atoms with E-state index in [1.54, 1.807) is 23.7 Å². The van der Waals surface area contributed by atoms with Gasteiger partial charge in [0, 0.05) is 12.5 Å². The molecule has 0 bridgehead atoms. The molecule has 0 aliphatic heterocycles. The summed E-state index contributed by atoms with van der Waals surface area (Å²) in [6.45, 7) is 5.70. The first-order chi connectivity index (χ1) is 8.90. The monoisotopic (exact) mass is 263 g/mol. The van der Waals surface area contributed by atoms with Crippen LogP contribution in [0.25, 0.3) is 0 Å². The van der Waals surface area contributed by atoms with Gasteiger partial charge >= 0.3 is 0 Å². The summed E-state index contributed by atoms with van der Waals surface area (Å²) in [4.78, 5) is 4.18. The van der Waals surface area contributed by atoms with E-state index in [4.69, 9.17) is 0 Å². The average Bonchev–Trinajstić information content (AvgIpc) is 2.77. The highest BCUT2D eigenvalue weighted by atomic mass is 19.1. The molecule has 1 aromatic heterocycles. The molecule has 1 N–H and O–H groups in total. The number of hydrogen-bond donors (Lipinski definition) is 1.